The molecule has 2 heterocycles. The molecule has 0 bridgehead atoms. The van der Waals surface area contributed by atoms with Crippen molar-refractivity contribution >= 4 is 9.84 Å². The van der Waals surface area contributed by atoms with Crippen LogP contribution in [0.4, 0.5) is 0 Å². The number of hydrogen-bond donors (Lipinski definition) is 0. The van der Waals surface area contributed by atoms with E-state index in [-0.39, 0.29) is 30.7 Å². The fourth-order valence-electron chi connectivity index (χ4n) is 4.99. The molecule has 0 aliphatic rings. The molecule has 0 aliphatic carbocycles. The van der Waals surface area contributed by atoms with E-state index in [2.05, 4.69) is 16.9 Å². The minimum Gasteiger partial charge on any atom is -0.457 e. The van der Waals surface area contributed by atoms with E-state index in [4.69, 9.17) is 14.2 Å². The van der Waals surface area contributed by atoms with Crippen molar-refractivity contribution in [1.29, 1.82) is 0 Å². The fourth-order valence-corrected chi connectivity index (χ4v) is 6.26. The van der Waals surface area contributed by atoms with Gasteiger partial charge in [0, 0.05) is 31.1 Å². The number of pyridine rings is 1. The van der Waals surface area contributed by atoms with Gasteiger partial charge in [0.25, 0.3) is 0 Å². The Hall–Kier alpha value is -2.10. The van der Waals surface area contributed by atoms with Gasteiger partial charge in [0.05, 0.1) is 24.7 Å². The topological polar surface area (TPSA) is 91.5 Å². The zero-order chi connectivity index (χ0) is 30.7. The molecule has 2 aromatic rings. The smallest absolute Gasteiger partial charge is 0.316 e. The summed E-state index contributed by atoms with van der Waals surface area (Å²) in [6, 6.07) is 7.70. The molecule has 8 nitrogen and oxygen atoms in total. The molecule has 0 aromatic carbocycles. The lowest BCUT2D eigenvalue weighted by molar-refractivity contribution is -0.698. The Bertz CT molecular complexity index is 996. The molecule has 2 aromatic heterocycles. The minimum absolute atomic E-state index is 0.0684. The second kappa shape index (κ2) is 25.2. The molecule has 1 unspecified atom stereocenters. The normalized spacial score (nSPS) is 12.4. The van der Waals surface area contributed by atoms with Crippen molar-refractivity contribution < 1.29 is 27.2 Å². The Morgan fingerprint density at radius 2 is 1.23 bits per heavy atom. The number of rotatable bonds is 29. The molecule has 0 aliphatic heterocycles. The Morgan fingerprint density at radius 1 is 0.674 bits per heavy atom. The van der Waals surface area contributed by atoms with Crippen molar-refractivity contribution in [2.24, 2.45) is 0 Å². The summed E-state index contributed by atoms with van der Waals surface area (Å²) >= 11 is 0. The maximum Gasteiger partial charge on any atom is 0.316 e. The van der Waals surface area contributed by atoms with E-state index in [0.29, 0.717) is 19.8 Å². The second-order valence-electron chi connectivity index (χ2n) is 11.5. The summed E-state index contributed by atoms with van der Waals surface area (Å²) in [6.45, 7) is 4.31. The van der Waals surface area contributed by atoms with Crippen LogP contribution in [-0.4, -0.2) is 62.4 Å². The summed E-state index contributed by atoms with van der Waals surface area (Å²) in [4.78, 5) is 8.17. The van der Waals surface area contributed by atoms with Gasteiger partial charge in [-0.1, -0.05) is 109 Å². The van der Waals surface area contributed by atoms with E-state index < -0.39 is 15.9 Å². The van der Waals surface area contributed by atoms with Crippen LogP contribution >= 0.6 is 0 Å². The average Bonchev–Trinajstić information content (AvgIpc) is 3.01. The number of hydrogen-bond acceptors (Lipinski definition) is 7. The third kappa shape index (κ3) is 21.3. The quantitative estimate of drug-likeness (QED) is 0.0720. The Labute approximate surface area is 261 Å². The Balaban J connectivity index is 1.52. The lowest BCUT2D eigenvalue weighted by Gasteiger charge is -2.18. The largest absolute Gasteiger partial charge is 0.457 e. The summed E-state index contributed by atoms with van der Waals surface area (Å²) in [5.41, 5.74) is 0. The minimum atomic E-state index is -3.41. The van der Waals surface area contributed by atoms with E-state index in [1.165, 1.54) is 89.9 Å². The van der Waals surface area contributed by atoms with Gasteiger partial charge in [-0.15, -0.1) is 0 Å². The van der Waals surface area contributed by atoms with Crippen molar-refractivity contribution in [1.82, 2.24) is 9.97 Å². The average molecular weight is 621 g/mol. The Morgan fingerprint density at radius 3 is 1.81 bits per heavy atom. The summed E-state index contributed by atoms with van der Waals surface area (Å²) in [5, 5.41) is 0. The van der Waals surface area contributed by atoms with Crippen molar-refractivity contribution in [3.05, 3.63) is 49.1 Å². The van der Waals surface area contributed by atoms with E-state index in [9.17, 15) is 8.42 Å². The van der Waals surface area contributed by atoms with Crippen molar-refractivity contribution in [3.8, 4) is 6.01 Å². The fraction of sp³-hybridized carbons (Fsp3) is 0.735. The SMILES string of the molecule is CCCCCCCCCCCCCCCCCCOCC(CS(=O)(=O)CCOCC[n+]1ccccc1)Oc1ncccn1. The zero-order valence-electron chi connectivity index (χ0n) is 26.8. The van der Waals surface area contributed by atoms with Crippen LogP contribution in [0.1, 0.15) is 110 Å². The van der Waals surface area contributed by atoms with Gasteiger partial charge in [-0.25, -0.2) is 23.0 Å². The molecule has 2 rings (SSSR count). The zero-order valence-corrected chi connectivity index (χ0v) is 27.6. The van der Waals surface area contributed by atoms with Crippen LogP contribution in [0.3, 0.4) is 0 Å². The first-order valence-electron chi connectivity index (χ1n) is 16.8. The molecule has 0 saturated heterocycles. The van der Waals surface area contributed by atoms with Crippen LogP contribution in [-0.2, 0) is 25.9 Å². The van der Waals surface area contributed by atoms with E-state index in [1.54, 1.807) is 18.5 Å². The number of ether oxygens (including phenoxy) is 3. The monoisotopic (exact) mass is 620 g/mol. The predicted octanol–water partition coefficient (Wildman–Crippen LogP) is 6.92. The van der Waals surface area contributed by atoms with Gasteiger partial charge in [-0.2, -0.15) is 0 Å². The van der Waals surface area contributed by atoms with Gasteiger partial charge in [0.15, 0.2) is 28.8 Å². The number of aromatic nitrogens is 3. The maximum absolute atomic E-state index is 12.8. The number of sulfone groups is 1. The highest BCUT2D eigenvalue weighted by Crippen LogP contribution is 2.14. The highest BCUT2D eigenvalue weighted by molar-refractivity contribution is 7.91. The third-order valence-electron chi connectivity index (χ3n) is 7.51. The predicted molar refractivity (Wildman–Crippen MR) is 173 cm³/mol. The van der Waals surface area contributed by atoms with Gasteiger partial charge in [0.2, 0.25) is 0 Å². The van der Waals surface area contributed by atoms with Crippen molar-refractivity contribution in [2.45, 2.75) is 122 Å². The highest BCUT2D eigenvalue weighted by atomic mass is 32.2. The van der Waals surface area contributed by atoms with E-state index >= 15 is 0 Å². The lowest BCUT2D eigenvalue weighted by atomic mass is 10.0. The summed E-state index contributed by atoms with van der Waals surface area (Å²) in [5.74, 6) is -0.234. The van der Waals surface area contributed by atoms with Crippen LogP contribution in [0, 0.1) is 0 Å². The van der Waals surface area contributed by atoms with Gasteiger partial charge in [0.1, 0.15) is 12.7 Å². The van der Waals surface area contributed by atoms with Gasteiger partial charge >= 0.3 is 6.01 Å². The molecule has 244 valence electrons. The molecule has 0 saturated carbocycles. The molecule has 0 fully saturated rings. The first-order chi connectivity index (χ1) is 21.1. The molecule has 1 atom stereocenters. The van der Waals surface area contributed by atoms with Crippen LogP contribution in [0.15, 0.2) is 49.1 Å². The van der Waals surface area contributed by atoms with Gasteiger partial charge in [-0.3, -0.25) is 0 Å². The first-order valence-corrected chi connectivity index (χ1v) is 18.6. The molecule has 0 N–H and O–H groups in total. The van der Waals surface area contributed by atoms with Crippen molar-refractivity contribution in [2.75, 3.05) is 37.9 Å². The standard InChI is InChI=1S/C34H58N3O5S/c1-2-3-4-5-6-7-8-9-10-11-12-13-14-15-16-20-27-41-31-33(42-34-35-22-21-23-36-34)32-43(38,39)30-29-40-28-26-37-24-18-17-19-25-37/h17-19,21-25,33H,2-16,20,26-32H2,1H3/q+1. The van der Waals surface area contributed by atoms with E-state index in [1.807, 2.05) is 35.2 Å². The number of unbranched alkanes of at least 4 members (excludes halogenated alkanes) is 15. The molecule has 0 amide bonds. The summed E-state index contributed by atoms with van der Waals surface area (Å²) in [7, 11) is -3.41. The van der Waals surface area contributed by atoms with Crippen LogP contribution in [0.2, 0.25) is 0 Å². The maximum atomic E-state index is 12.8. The summed E-state index contributed by atoms with van der Waals surface area (Å²) in [6.07, 6.45) is 27.6. The summed E-state index contributed by atoms with van der Waals surface area (Å²) < 4.78 is 44.8. The molecule has 9 heteroatoms. The van der Waals surface area contributed by atoms with Gasteiger partial charge in [-0.05, 0) is 12.5 Å². The third-order valence-corrected chi connectivity index (χ3v) is 9.18. The molecular formula is C34H58N3O5S+. The van der Waals surface area contributed by atoms with Crippen LogP contribution in [0.5, 0.6) is 6.01 Å². The Kier molecular flexibility index (Phi) is 21.8. The molecular weight excluding hydrogens is 562 g/mol. The molecule has 0 radical (unpaired) electrons. The first kappa shape index (κ1) is 37.1. The second-order valence-corrected chi connectivity index (χ2v) is 13.7. The highest BCUT2D eigenvalue weighted by Gasteiger charge is 2.22. The lowest BCUT2D eigenvalue weighted by Crippen LogP contribution is -2.36. The van der Waals surface area contributed by atoms with Crippen molar-refractivity contribution in [3.63, 3.8) is 0 Å². The van der Waals surface area contributed by atoms with Crippen LogP contribution < -0.4 is 9.30 Å². The van der Waals surface area contributed by atoms with Crippen LogP contribution in [0.25, 0.3) is 0 Å². The molecule has 43 heavy (non-hydrogen) atoms. The number of nitrogens with zero attached hydrogens (tertiary/aromatic N) is 3. The van der Waals surface area contributed by atoms with Gasteiger partial charge < -0.3 is 14.2 Å². The van der Waals surface area contributed by atoms with E-state index in [0.717, 1.165) is 12.8 Å². The molecule has 0 spiro atoms.